The molecule has 1 aliphatic heterocycles. The molecule has 2 heterocycles. The highest BCUT2D eigenvalue weighted by atomic mass is 32.1. The third-order valence-corrected chi connectivity index (χ3v) is 3.64. The lowest BCUT2D eigenvalue weighted by Gasteiger charge is -2.23. The maximum atomic E-state index is 12.0. The number of amides is 1. The van der Waals surface area contributed by atoms with Gasteiger partial charge in [-0.25, -0.2) is 0 Å². The molecule has 0 unspecified atom stereocenters. The largest absolute Gasteiger partial charge is 0.338 e. The molecule has 0 aliphatic carbocycles. The molecule has 0 saturated carbocycles. The molecule has 1 atom stereocenters. The molecule has 0 bridgehead atoms. The topological polar surface area (TPSA) is 46.3 Å². The Balaban J connectivity index is 1.96. The van der Waals surface area contributed by atoms with Crippen LogP contribution in [0, 0.1) is 0 Å². The zero-order valence-electron chi connectivity index (χ0n) is 8.69. The Morgan fingerprint density at radius 3 is 3.20 bits per heavy atom. The number of carbonyl (C=O) groups is 1. The molecule has 1 aromatic heterocycles. The van der Waals surface area contributed by atoms with E-state index < -0.39 is 0 Å². The first kappa shape index (κ1) is 10.6. The molecule has 0 aromatic carbocycles. The third kappa shape index (κ3) is 2.38. The normalized spacial score (nSPS) is 20.9. The molecule has 1 aromatic rings. The van der Waals surface area contributed by atoms with Crippen LogP contribution in [0.5, 0.6) is 0 Å². The van der Waals surface area contributed by atoms with Crippen molar-refractivity contribution >= 4 is 17.2 Å². The summed E-state index contributed by atoms with van der Waals surface area (Å²) in [5, 5.41) is 4.04. The predicted molar refractivity (Wildman–Crippen MR) is 61.8 cm³/mol. The van der Waals surface area contributed by atoms with Crippen molar-refractivity contribution in [2.75, 3.05) is 13.1 Å². The van der Waals surface area contributed by atoms with E-state index in [2.05, 4.69) is 0 Å². The molecule has 0 spiro atoms. The second-order valence-corrected chi connectivity index (χ2v) is 4.71. The number of hydrogen-bond acceptors (Lipinski definition) is 3. The number of hydrogen-bond donors (Lipinski definition) is 1. The summed E-state index contributed by atoms with van der Waals surface area (Å²) >= 11 is 1.64. The number of nitrogens with zero attached hydrogens (tertiary/aromatic N) is 1. The van der Waals surface area contributed by atoms with Crippen LogP contribution in [0.2, 0.25) is 0 Å². The van der Waals surface area contributed by atoms with Gasteiger partial charge in [-0.3, -0.25) is 4.79 Å². The third-order valence-electron chi connectivity index (χ3n) is 2.91. The molecule has 2 rings (SSSR count). The van der Waals surface area contributed by atoms with Crippen molar-refractivity contribution in [2.24, 2.45) is 5.73 Å². The quantitative estimate of drug-likeness (QED) is 0.839. The summed E-state index contributed by atoms with van der Waals surface area (Å²) in [6.45, 7) is 1.47. The van der Waals surface area contributed by atoms with E-state index in [0.29, 0.717) is 13.0 Å². The Morgan fingerprint density at radius 2 is 2.53 bits per heavy atom. The van der Waals surface area contributed by atoms with Gasteiger partial charge in [0.05, 0.1) is 6.42 Å². The smallest absolute Gasteiger partial charge is 0.227 e. The van der Waals surface area contributed by atoms with Gasteiger partial charge in [0.2, 0.25) is 5.91 Å². The Kier molecular flexibility index (Phi) is 3.38. The molecule has 1 aliphatic rings. The first-order valence-corrected chi connectivity index (χ1v) is 6.26. The van der Waals surface area contributed by atoms with Crippen molar-refractivity contribution in [2.45, 2.75) is 25.3 Å². The van der Waals surface area contributed by atoms with Crippen molar-refractivity contribution in [1.82, 2.24) is 4.90 Å². The van der Waals surface area contributed by atoms with Crippen LogP contribution in [-0.2, 0) is 11.2 Å². The number of nitrogens with two attached hydrogens (primary N) is 1. The summed E-state index contributed by atoms with van der Waals surface area (Å²) in [6, 6.07) is 2.28. The minimum atomic E-state index is 0.223. The zero-order chi connectivity index (χ0) is 10.7. The minimum absolute atomic E-state index is 0.223. The second-order valence-electron chi connectivity index (χ2n) is 3.93. The average Bonchev–Trinajstić information content (AvgIpc) is 2.86. The van der Waals surface area contributed by atoms with Crippen molar-refractivity contribution in [3.8, 4) is 0 Å². The lowest BCUT2D eigenvalue weighted by molar-refractivity contribution is -0.131. The summed E-state index contributed by atoms with van der Waals surface area (Å²) in [4.78, 5) is 13.9. The highest BCUT2D eigenvalue weighted by Gasteiger charge is 2.27. The van der Waals surface area contributed by atoms with E-state index in [1.54, 1.807) is 11.3 Å². The van der Waals surface area contributed by atoms with Crippen LogP contribution in [0.25, 0.3) is 0 Å². The van der Waals surface area contributed by atoms with Gasteiger partial charge in [-0.05, 0) is 35.2 Å². The van der Waals surface area contributed by atoms with Gasteiger partial charge in [-0.2, -0.15) is 11.3 Å². The van der Waals surface area contributed by atoms with Crippen molar-refractivity contribution in [3.63, 3.8) is 0 Å². The lowest BCUT2D eigenvalue weighted by Crippen LogP contribution is -2.40. The van der Waals surface area contributed by atoms with Gasteiger partial charge in [0.15, 0.2) is 0 Å². The Labute approximate surface area is 93.9 Å². The average molecular weight is 224 g/mol. The van der Waals surface area contributed by atoms with Crippen LogP contribution in [0.4, 0.5) is 0 Å². The molecular weight excluding hydrogens is 208 g/mol. The first-order chi connectivity index (χ1) is 7.31. The van der Waals surface area contributed by atoms with E-state index in [0.717, 1.165) is 24.9 Å². The monoisotopic (exact) mass is 224 g/mol. The first-order valence-electron chi connectivity index (χ1n) is 5.32. The molecule has 82 valence electrons. The molecule has 15 heavy (non-hydrogen) atoms. The van der Waals surface area contributed by atoms with Crippen molar-refractivity contribution in [1.29, 1.82) is 0 Å². The predicted octanol–water partition coefficient (Wildman–Crippen LogP) is 1.24. The van der Waals surface area contributed by atoms with Crippen LogP contribution in [0.15, 0.2) is 16.8 Å². The van der Waals surface area contributed by atoms with Crippen LogP contribution < -0.4 is 5.73 Å². The highest BCUT2D eigenvalue weighted by Crippen LogP contribution is 2.18. The van der Waals surface area contributed by atoms with Gasteiger partial charge in [-0.15, -0.1) is 0 Å². The standard InChI is InChI=1S/C11H16N2OS/c12-7-10-2-1-4-13(10)11(14)6-9-3-5-15-8-9/h3,5,8,10H,1-2,4,6-7,12H2/t10-/m0/s1. The minimum Gasteiger partial charge on any atom is -0.338 e. The van der Waals surface area contributed by atoms with Crippen LogP contribution in [-0.4, -0.2) is 29.9 Å². The fraction of sp³-hybridized carbons (Fsp3) is 0.545. The molecule has 1 amide bonds. The molecule has 1 saturated heterocycles. The zero-order valence-corrected chi connectivity index (χ0v) is 9.50. The number of likely N-dealkylation sites (tertiary alicyclic amines) is 1. The van der Waals surface area contributed by atoms with Crippen LogP contribution >= 0.6 is 11.3 Å². The van der Waals surface area contributed by atoms with E-state index in [1.165, 1.54) is 0 Å². The Hall–Kier alpha value is -0.870. The maximum Gasteiger partial charge on any atom is 0.227 e. The van der Waals surface area contributed by atoms with Crippen molar-refractivity contribution in [3.05, 3.63) is 22.4 Å². The summed E-state index contributed by atoms with van der Waals surface area (Å²) in [6.07, 6.45) is 2.68. The Bertz CT molecular complexity index is 323. The van der Waals surface area contributed by atoms with E-state index in [-0.39, 0.29) is 11.9 Å². The Morgan fingerprint density at radius 1 is 1.67 bits per heavy atom. The fourth-order valence-electron chi connectivity index (χ4n) is 2.08. The van der Waals surface area contributed by atoms with Gasteiger partial charge >= 0.3 is 0 Å². The summed E-state index contributed by atoms with van der Waals surface area (Å²) < 4.78 is 0. The van der Waals surface area contributed by atoms with Gasteiger partial charge in [0.1, 0.15) is 0 Å². The van der Waals surface area contributed by atoms with E-state index in [1.807, 2.05) is 21.7 Å². The second kappa shape index (κ2) is 4.77. The van der Waals surface area contributed by atoms with Crippen LogP contribution in [0.1, 0.15) is 18.4 Å². The SMILES string of the molecule is NC[C@@H]1CCCN1C(=O)Cc1ccsc1. The van der Waals surface area contributed by atoms with Gasteiger partial charge in [0.25, 0.3) is 0 Å². The van der Waals surface area contributed by atoms with E-state index in [4.69, 9.17) is 5.73 Å². The van der Waals surface area contributed by atoms with E-state index in [9.17, 15) is 4.79 Å². The van der Waals surface area contributed by atoms with Crippen LogP contribution in [0.3, 0.4) is 0 Å². The summed E-state index contributed by atoms with van der Waals surface area (Å²) in [5.74, 6) is 0.223. The molecule has 1 fully saturated rings. The number of rotatable bonds is 3. The van der Waals surface area contributed by atoms with Gasteiger partial charge in [-0.1, -0.05) is 0 Å². The molecular formula is C11H16N2OS. The lowest BCUT2D eigenvalue weighted by atomic mass is 10.2. The van der Waals surface area contributed by atoms with Gasteiger partial charge in [0, 0.05) is 19.1 Å². The molecule has 3 nitrogen and oxygen atoms in total. The van der Waals surface area contributed by atoms with Gasteiger partial charge < -0.3 is 10.6 Å². The molecule has 0 radical (unpaired) electrons. The summed E-state index contributed by atoms with van der Waals surface area (Å²) in [7, 11) is 0. The molecule has 4 heteroatoms. The van der Waals surface area contributed by atoms with E-state index >= 15 is 0 Å². The number of carbonyl (C=O) groups excluding carboxylic acids is 1. The highest BCUT2D eigenvalue weighted by molar-refractivity contribution is 7.07. The maximum absolute atomic E-state index is 12.0. The molecule has 2 N–H and O–H groups in total. The van der Waals surface area contributed by atoms with Crippen molar-refractivity contribution < 1.29 is 4.79 Å². The fourth-order valence-corrected chi connectivity index (χ4v) is 2.75. The number of thiophene rings is 1. The summed E-state index contributed by atoms with van der Waals surface area (Å²) in [5.41, 5.74) is 6.76.